The molecule has 2 nitrogen and oxygen atoms in total. The molecular formula is C13H23NO. The van der Waals surface area contributed by atoms with E-state index in [1.165, 1.54) is 44.1 Å². The van der Waals surface area contributed by atoms with Crippen LogP contribution in [0, 0.1) is 5.92 Å². The molecule has 2 aliphatic rings. The summed E-state index contributed by atoms with van der Waals surface area (Å²) in [5.74, 6) is 0.709. The maximum atomic E-state index is 6.34. The maximum Gasteiger partial charge on any atom is 0.0876 e. The van der Waals surface area contributed by atoms with E-state index < -0.39 is 0 Å². The highest BCUT2D eigenvalue weighted by molar-refractivity contribution is 5.10. The lowest BCUT2D eigenvalue weighted by atomic mass is 9.86. The van der Waals surface area contributed by atoms with E-state index in [-0.39, 0.29) is 6.04 Å². The van der Waals surface area contributed by atoms with Crippen molar-refractivity contribution < 1.29 is 4.74 Å². The lowest BCUT2D eigenvalue weighted by Gasteiger charge is -2.26. The fraction of sp³-hybridized carbons (Fsp3) is 0.846. The Morgan fingerprint density at radius 2 is 1.87 bits per heavy atom. The third kappa shape index (κ3) is 2.97. The Balaban J connectivity index is 1.92. The molecule has 1 aliphatic heterocycles. The van der Waals surface area contributed by atoms with Gasteiger partial charge in [-0.1, -0.05) is 25.7 Å². The van der Waals surface area contributed by atoms with E-state index in [4.69, 9.17) is 10.5 Å². The van der Waals surface area contributed by atoms with Gasteiger partial charge in [0.05, 0.1) is 12.9 Å². The molecule has 0 aromatic heterocycles. The van der Waals surface area contributed by atoms with Crippen molar-refractivity contribution in [3.8, 4) is 0 Å². The van der Waals surface area contributed by atoms with Crippen LogP contribution < -0.4 is 5.73 Å². The molecule has 86 valence electrons. The van der Waals surface area contributed by atoms with Gasteiger partial charge in [0.1, 0.15) is 0 Å². The number of rotatable bonds is 2. The number of ether oxygens (including phenoxy) is 1. The van der Waals surface area contributed by atoms with Crippen LogP contribution in [-0.4, -0.2) is 12.6 Å². The van der Waals surface area contributed by atoms with Crippen LogP contribution in [-0.2, 0) is 4.74 Å². The van der Waals surface area contributed by atoms with E-state index in [0.717, 1.165) is 19.4 Å². The number of hydrogen-bond donors (Lipinski definition) is 1. The highest BCUT2D eigenvalue weighted by Crippen LogP contribution is 2.29. The highest BCUT2D eigenvalue weighted by Gasteiger charge is 2.23. The summed E-state index contributed by atoms with van der Waals surface area (Å²) in [4.78, 5) is 0. The molecule has 0 saturated heterocycles. The van der Waals surface area contributed by atoms with Crippen LogP contribution >= 0.6 is 0 Å². The number of nitrogens with two attached hydrogens (primary N) is 1. The molecule has 2 heteroatoms. The van der Waals surface area contributed by atoms with Gasteiger partial charge in [0, 0.05) is 6.04 Å². The molecule has 2 N–H and O–H groups in total. The van der Waals surface area contributed by atoms with Crippen LogP contribution in [0.4, 0.5) is 0 Å². The van der Waals surface area contributed by atoms with Gasteiger partial charge >= 0.3 is 0 Å². The standard InChI is InChI=1S/C13H23NO/c14-13(12-8-5-9-15-10-12)11-6-3-1-2-4-7-11/h10-11,13H,1-9,14H2. The van der Waals surface area contributed by atoms with Crippen LogP contribution in [0.15, 0.2) is 11.8 Å². The second-order valence-electron chi connectivity index (χ2n) is 4.94. The Hall–Kier alpha value is -0.500. The fourth-order valence-electron chi connectivity index (χ4n) is 2.80. The molecule has 2 rings (SSSR count). The van der Waals surface area contributed by atoms with E-state index in [2.05, 4.69) is 0 Å². The largest absolute Gasteiger partial charge is 0.501 e. The average Bonchev–Trinajstić information content (AvgIpc) is 2.58. The van der Waals surface area contributed by atoms with Crippen molar-refractivity contribution in [2.24, 2.45) is 11.7 Å². The molecular weight excluding hydrogens is 186 g/mol. The van der Waals surface area contributed by atoms with E-state index >= 15 is 0 Å². The van der Waals surface area contributed by atoms with Crippen molar-refractivity contribution in [2.75, 3.05) is 6.61 Å². The summed E-state index contributed by atoms with van der Waals surface area (Å²) in [5, 5.41) is 0. The SMILES string of the molecule is NC(C1=COCCC1)C1CCCCCC1. The summed E-state index contributed by atoms with van der Waals surface area (Å²) in [6.07, 6.45) is 12.4. The van der Waals surface area contributed by atoms with Gasteiger partial charge in [0.25, 0.3) is 0 Å². The van der Waals surface area contributed by atoms with Crippen molar-refractivity contribution >= 4 is 0 Å². The van der Waals surface area contributed by atoms with Crippen molar-refractivity contribution in [1.82, 2.24) is 0 Å². The van der Waals surface area contributed by atoms with Gasteiger partial charge in [0.2, 0.25) is 0 Å². The molecule has 1 aliphatic carbocycles. The molecule has 1 heterocycles. The second kappa shape index (κ2) is 5.55. The van der Waals surface area contributed by atoms with Crippen molar-refractivity contribution in [2.45, 2.75) is 57.4 Å². The second-order valence-corrected chi connectivity index (χ2v) is 4.94. The fourth-order valence-corrected chi connectivity index (χ4v) is 2.80. The minimum absolute atomic E-state index is 0.267. The Morgan fingerprint density at radius 1 is 1.13 bits per heavy atom. The number of hydrogen-bond acceptors (Lipinski definition) is 2. The van der Waals surface area contributed by atoms with Crippen LogP contribution in [0.2, 0.25) is 0 Å². The molecule has 15 heavy (non-hydrogen) atoms. The third-order valence-electron chi connectivity index (χ3n) is 3.80. The normalized spacial score (nSPS) is 26.3. The van der Waals surface area contributed by atoms with E-state index in [9.17, 15) is 0 Å². The predicted octanol–water partition coefficient (Wildman–Crippen LogP) is 2.98. The lowest BCUT2D eigenvalue weighted by molar-refractivity contribution is 0.216. The predicted molar refractivity (Wildman–Crippen MR) is 62.4 cm³/mol. The van der Waals surface area contributed by atoms with Crippen LogP contribution in [0.1, 0.15) is 51.4 Å². The van der Waals surface area contributed by atoms with Gasteiger partial charge in [-0.05, 0) is 37.2 Å². The first-order valence-corrected chi connectivity index (χ1v) is 6.44. The van der Waals surface area contributed by atoms with E-state index in [1.54, 1.807) is 0 Å². The van der Waals surface area contributed by atoms with Gasteiger partial charge in [-0.25, -0.2) is 0 Å². The molecule has 1 saturated carbocycles. The third-order valence-corrected chi connectivity index (χ3v) is 3.80. The van der Waals surface area contributed by atoms with Gasteiger partial charge in [-0.3, -0.25) is 0 Å². The first kappa shape index (κ1) is 11.0. The van der Waals surface area contributed by atoms with Crippen molar-refractivity contribution in [1.29, 1.82) is 0 Å². The zero-order valence-corrected chi connectivity index (χ0v) is 9.58. The summed E-state index contributed by atoms with van der Waals surface area (Å²) in [7, 11) is 0. The van der Waals surface area contributed by atoms with Crippen molar-refractivity contribution in [3.63, 3.8) is 0 Å². The Bertz CT molecular complexity index is 217. The Kier molecular flexibility index (Phi) is 4.07. The molecule has 0 aromatic rings. The minimum Gasteiger partial charge on any atom is -0.501 e. The van der Waals surface area contributed by atoms with Crippen LogP contribution in [0.25, 0.3) is 0 Å². The molecule has 1 unspecified atom stereocenters. The molecule has 1 atom stereocenters. The summed E-state index contributed by atoms with van der Waals surface area (Å²) >= 11 is 0. The van der Waals surface area contributed by atoms with Gasteiger partial charge in [0.15, 0.2) is 0 Å². The van der Waals surface area contributed by atoms with E-state index in [0.29, 0.717) is 5.92 Å². The smallest absolute Gasteiger partial charge is 0.0876 e. The molecule has 1 fully saturated rings. The zero-order valence-electron chi connectivity index (χ0n) is 9.58. The Labute approximate surface area is 92.9 Å². The summed E-state index contributed by atoms with van der Waals surface area (Å²) < 4.78 is 5.38. The molecule has 0 amide bonds. The van der Waals surface area contributed by atoms with Crippen LogP contribution in [0.3, 0.4) is 0 Å². The first-order chi connectivity index (χ1) is 7.38. The van der Waals surface area contributed by atoms with Crippen LogP contribution in [0.5, 0.6) is 0 Å². The molecule has 0 spiro atoms. The maximum absolute atomic E-state index is 6.34. The van der Waals surface area contributed by atoms with E-state index in [1.807, 2.05) is 6.26 Å². The first-order valence-electron chi connectivity index (χ1n) is 6.44. The van der Waals surface area contributed by atoms with Gasteiger partial charge in [-0.2, -0.15) is 0 Å². The topological polar surface area (TPSA) is 35.2 Å². The minimum atomic E-state index is 0.267. The monoisotopic (exact) mass is 209 g/mol. The quantitative estimate of drug-likeness (QED) is 0.710. The average molecular weight is 209 g/mol. The molecule has 0 aromatic carbocycles. The molecule has 0 bridgehead atoms. The summed E-state index contributed by atoms with van der Waals surface area (Å²) in [6.45, 7) is 0.876. The summed E-state index contributed by atoms with van der Waals surface area (Å²) in [6, 6.07) is 0.267. The van der Waals surface area contributed by atoms with Gasteiger partial charge < -0.3 is 10.5 Å². The Morgan fingerprint density at radius 3 is 2.47 bits per heavy atom. The lowest BCUT2D eigenvalue weighted by Crippen LogP contribution is -2.33. The van der Waals surface area contributed by atoms with Crippen molar-refractivity contribution in [3.05, 3.63) is 11.8 Å². The summed E-state index contributed by atoms with van der Waals surface area (Å²) in [5.41, 5.74) is 7.70. The highest BCUT2D eigenvalue weighted by atomic mass is 16.5. The zero-order chi connectivity index (χ0) is 10.5. The molecule has 0 radical (unpaired) electrons. The van der Waals surface area contributed by atoms with Gasteiger partial charge in [-0.15, -0.1) is 0 Å².